The van der Waals surface area contributed by atoms with Crippen LogP contribution in [0.2, 0.25) is 0 Å². The first-order chi connectivity index (χ1) is 10.0. The van der Waals surface area contributed by atoms with Crippen molar-refractivity contribution in [2.75, 3.05) is 19.7 Å². The van der Waals surface area contributed by atoms with Crippen molar-refractivity contribution in [3.8, 4) is 0 Å². The van der Waals surface area contributed by atoms with E-state index in [1.165, 1.54) is 0 Å². The van der Waals surface area contributed by atoms with E-state index in [1.54, 1.807) is 29.6 Å². The Balaban J connectivity index is 1.85. The van der Waals surface area contributed by atoms with Gasteiger partial charge in [0, 0.05) is 26.2 Å². The number of piperidine rings is 1. The van der Waals surface area contributed by atoms with E-state index in [4.69, 9.17) is 4.74 Å². The van der Waals surface area contributed by atoms with Gasteiger partial charge in [0.1, 0.15) is 5.69 Å². The maximum Gasteiger partial charge on any atom is 0.409 e. The van der Waals surface area contributed by atoms with Crippen LogP contribution in [-0.4, -0.2) is 52.4 Å². The van der Waals surface area contributed by atoms with Crippen LogP contribution in [0, 0.1) is 6.92 Å². The SMILES string of the molecule is CCOC(=O)N1CCC(NC(=O)c2cc(C)nn2C)CC1. The summed E-state index contributed by atoms with van der Waals surface area (Å²) in [6.07, 6.45) is 1.20. The Morgan fingerprint density at radius 3 is 2.62 bits per heavy atom. The Labute approximate surface area is 124 Å². The highest BCUT2D eigenvalue weighted by atomic mass is 16.6. The Bertz CT molecular complexity index is 518. The number of likely N-dealkylation sites (tertiary alicyclic amines) is 1. The molecule has 0 aromatic carbocycles. The van der Waals surface area contributed by atoms with Gasteiger partial charge < -0.3 is 15.0 Å². The number of rotatable bonds is 3. The van der Waals surface area contributed by atoms with Crippen molar-refractivity contribution < 1.29 is 14.3 Å². The Kier molecular flexibility index (Phi) is 4.82. The summed E-state index contributed by atoms with van der Waals surface area (Å²) in [4.78, 5) is 25.5. The molecule has 0 radical (unpaired) electrons. The lowest BCUT2D eigenvalue weighted by Gasteiger charge is -2.31. The molecule has 116 valence electrons. The molecule has 2 amide bonds. The monoisotopic (exact) mass is 294 g/mol. The van der Waals surface area contributed by atoms with Crippen molar-refractivity contribution in [1.29, 1.82) is 0 Å². The van der Waals surface area contributed by atoms with Crippen LogP contribution in [0.4, 0.5) is 4.79 Å². The largest absolute Gasteiger partial charge is 0.450 e. The van der Waals surface area contributed by atoms with E-state index < -0.39 is 0 Å². The fourth-order valence-corrected chi connectivity index (χ4v) is 2.50. The number of amides is 2. The molecule has 2 heterocycles. The average molecular weight is 294 g/mol. The molecular weight excluding hydrogens is 272 g/mol. The fraction of sp³-hybridized carbons (Fsp3) is 0.643. The van der Waals surface area contributed by atoms with Crippen LogP contribution in [0.25, 0.3) is 0 Å². The van der Waals surface area contributed by atoms with Crippen LogP contribution in [0.1, 0.15) is 35.9 Å². The molecule has 0 spiro atoms. The van der Waals surface area contributed by atoms with Crippen molar-refractivity contribution in [2.24, 2.45) is 7.05 Å². The smallest absolute Gasteiger partial charge is 0.409 e. The van der Waals surface area contributed by atoms with Gasteiger partial charge in [-0.1, -0.05) is 0 Å². The van der Waals surface area contributed by atoms with Crippen molar-refractivity contribution in [2.45, 2.75) is 32.7 Å². The number of nitrogens with zero attached hydrogens (tertiary/aromatic N) is 3. The van der Waals surface area contributed by atoms with E-state index in [-0.39, 0.29) is 18.0 Å². The predicted molar refractivity (Wildman–Crippen MR) is 77.0 cm³/mol. The first-order valence-corrected chi connectivity index (χ1v) is 7.24. The predicted octanol–water partition coefficient (Wildman–Crippen LogP) is 1.08. The van der Waals surface area contributed by atoms with Crippen molar-refractivity contribution in [1.82, 2.24) is 20.0 Å². The van der Waals surface area contributed by atoms with Crippen LogP contribution in [0.3, 0.4) is 0 Å². The molecule has 0 aliphatic carbocycles. The molecule has 1 N–H and O–H groups in total. The average Bonchev–Trinajstić information content (AvgIpc) is 2.79. The summed E-state index contributed by atoms with van der Waals surface area (Å²) in [5, 5.41) is 7.17. The van der Waals surface area contributed by atoms with Crippen LogP contribution < -0.4 is 5.32 Å². The summed E-state index contributed by atoms with van der Waals surface area (Å²) in [5.74, 6) is -0.118. The summed E-state index contributed by atoms with van der Waals surface area (Å²) in [7, 11) is 1.76. The minimum atomic E-state index is -0.274. The van der Waals surface area contributed by atoms with Crippen molar-refractivity contribution in [3.63, 3.8) is 0 Å². The van der Waals surface area contributed by atoms with Gasteiger partial charge in [-0.25, -0.2) is 4.79 Å². The lowest BCUT2D eigenvalue weighted by Crippen LogP contribution is -2.47. The first kappa shape index (κ1) is 15.3. The third-order valence-electron chi connectivity index (χ3n) is 3.59. The topological polar surface area (TPSA) is 76.5 Å². The summed E-state index contributed by atoms with van der Waals surface area (Å²) < 4.78 is 6.56. The number of carbonyl (C=O) groups is 2. The molecule has 0 saturated carbocycles. The van der Waals surface area contributed by atoms with Crippen LogP contribution in [0.15, 0.2) is 6.07 Å². The van der Waals surface area contributed by atoms with Crippen LogP contribution in [-0.2, 0) is 11.8 Å². The molecule has 7 heteroatoms. The molecule has 7 nitrogen and oxygen atoms in total. The fourth-order valence-electron chi connectivity index (χ4n) is 2.50. The number of nitrogens with one attached hydrogen (secondary N) is 1. The molecule has 0 atom stereocenters. The molecule has 1 aliphatic rings. The number of hydrogen-bond acceptors (Lipinski definition) is 4. The Hall–Kier alpha value is -2.05. The van der Waals surface area contributed by atoms with Gasteiger partial charge in [-0.05, 0) is 32.8 Å². The number of hydrogen-bond donors (Lipinski definition) is 1. The molecule has 1 aliphatic heterocycles. The second-order valence-electron chi connectivity index (χ2n) is 5.23. The highest BCUT2D eigenvalue weighted by Crippen LogP contribution is 2.12. The van der Waals surface area contributed by atoms with Gasteiger partial charge in [-0.2, -0.15) is 5.10 Å². The molecule has 1 aromatic heterocycles. The first-order valence-electron chi connectivity index (χ1n) is 7.24. The second-order valence-corrected chi connectivity index (χ2v) is 5.23. The lowest BCUT2D eigenvalue weighted by molar-refractivity contribution is 0.0854. The summed E-state index contributed by atoms with van der Waals surface area (Å²) in [6.45, 7) is 5.24. The third kappa shape index (κ3) is 3.74. The maximum absolute atomic E-state index is 12.2. The molecule has 1 saturated heterocycles. The minimum absolute atomic E-state index is 0.0818. The minimum Gasteiger partial charge on any atom is -0.450 e. The number of carbonyl (C=O) groups excluding carboxylic acids is 2. The normalized spacial score (nSPS) is 15.9. The van der Waals surface area contributed by atoms with Gasteiger partial charge in [0.25, 0.3) is 5.91 Å². The number of aryl methyl sites for hydroxylation is 2. The van der Waals surface area contributed by atoms with Gasteiger partial charge in [0.15, 0.2) is 0 Å². The van der Waals surface area contributed by atoms with Gasteiger partial charge >= 0.3 is 6.09 Å². The van der Waals surface area contributed by atoms with E-state index in [0.717, 1.165) is 18.5 Å². The summed E-state index contributed by atoms with van der Waals surface area (Å²) in [5.41, 5.74) is 1.38. The summed E-state index contributed by atoms with van der Waals surface area (Å²) >= 11 is 0. The highest BCUT2D eigenvalue weighted by molar-refractivity contribution is 5.92. The zero-order chi connectivity index (χ0) is 15.4. The van der Waals surface area contributed by atoms with E-state index in [0.29, 0.717) is 25.4 Å². The van der Waals surface area contributed by atoms with Gasteiger partial charge in [-0.15, -0.1) is 0 Å². The number of aromatic nitrogens is 2. The molecule has 0 unspecified atom stereocenters. The van der Waals surface area contributed by atoms with Gasteiger partial charge in [0.2, 0.25) is 0 Å². The van der Waals surface area contributed by atoms with E-state index in [2.05, 4.69) is 10.4 Å². The van der Waals surface area contributed by atoms with E-state index >= 15 is 0 Å². The Morgan fingerprint density at radius 2 is 2.10 bits per heavy atom. The van der Waals surface area contributed by atoms with Gasteiger partial charge in [0.05, 0.1) is 12.3 Å². The van der Waals surface area contributed by atoms with Gasteiger partial charge in [-0.3, -0.25) is 9.48 Å². The molecule has 2 rings (SSSR count). The van der Waals surface area contributed by atoms with Crippen LogP contribution in [0.5, 0.6) is 0 Å². The van der Waals surface area contributed by atoms with E-state index in [1.807, 2.05) is 6.92 Å². The second kappa shape index (κ2) is 6.60. The third-order valence-corrected chi connectivity index (χ3v) is 3.59. The molecule has 1 fully saturated rings. The zero-order valence-electron chi connectivity index (χ0n) is 12.8. The van der Waals surface area contributed by atoms with Crippen molar-refractivity contribution >= 4 is 12.0 Å². The highest BCUT2D eigenvalue weighted by Gasteiger charge is 2.25. The zero-order valence-corrected chi connectivity index (χ0v) is 12.8. The number of ether oxygens (including phenoxy) is 1. The quantitative estimate of drug-likeness (QED) is 0.905. The van der Waals surface area contributed by atoms with Crippen LogP contribution >= 0.6 is 0 Å². The van der Waals surface area contributed by atoms with E-state index in [9.17, 15) is 9.59 Å². The molecule has 21 heavy (non-hydrogen) atoms. The molecule has 0 bridgehead atoms. The summed E-state index contributed by atoms with van der Waals surface area (Å²) in [6, 6.07) is 1.85. The molecular formula is C14H22N4O3. The standard InChI is InChI=1S/C14H22N4O3/c1-4-21-14(20)18-7-5-11(6-8-18)15-13(19)12-9-10(2)16-17(12)3/h9,11H,4-8H2,1-3H3,(H,15,19). The maximum atomic E-state index is 12.2. The molecule has 1 aromatic rings. The lowest BCUT2D eigenvalue weighted by atomic mass is 10.1. The Morgan fingerprint density at radius 1 is 1.43 bits per heavy atom. The van der Waals surface area contributed by atoms with Crippen molar-refractivity contribution in [3.05, 3.63) is 17.5 Å².